The number of imidazole rings is 1. The van der Waals surface area contributed by atoms with Gasteiger partial charge < -0.3 is 4.57 Å². The number of carbonyl (C=O) groups excluding carboxylic acids is 3. The molecule has 1 aromatic rings. The van der Waals surface area contributed by atoms with Crippen LogP contribution in [0.25, 0.3) is 0 Å². The van der Waals surface area contributed by atoms with Crippen LogP contribution in [0.5, 0.6) is 0 Å². The molecular weight excluding hydrogens is 160 g/mol. The van der Waals surface area contributed by atoms with Gasteiger partial charge >= 0.3 is 0 Å². The summed E-state index contributed by atoms with van der Waals surface area (Å²) in [5.74, 6) is 3.00. The zero-order valence-corrected chi connectivity index (χ0v) is 6.20. The molecule has 0 unspecified atom stereocenters. The largest absolute Gasteiger partial charge is 0.309 e. The predicted octanol–water partition coefficient (Wildman–Crippen LogP) is -2.76. The summed E-state index contributed by atoms with van der Waals surface area (Å²) in [6.45, 7) is 0. The van der Waals surface area contributed by atoms with Gasteiger partial charge in [-0.25, -0.2) is 14.6 Å². The van der Waals surface area contributed by atoms with Crippen LogP contribution in [0.15, 0.2) is 0 Å². The van der Waals surface area contributed by atoms with Crippen molar-refractivity contribution in [3.63, 3.8) is 0 Å². The maximum Gasteiger partial charge on any atom is 0.220 e. The molecule has 0 aromatic carbocycles. The van der Waals surface area contributed by atoms with Gasteiger partial charge in [0.05, 0.1) is 0 Å². The van der Waals surface area contributed by atoms with E-state index >= 15 is 0 Å². The molecule has 0 amide bonds. The summed E-state index contributed by atoms with van der Waals surface area (Å²) in [6, 6.07) is 0. The van der Waals surface area contributed by atoms with E-state index in [9.17, 15) is 14.4 Å². The van der Waals surface area contributed by atoms with Gasteiger partial charge in [-0.1, -0.05) is 0 Å². The number of aromatic nitrogens is 2. The van der Waals surface area contributed by atoms with E-state index in [4.69, 9.17) is 0 Å². The fourth-order valence-corrected chi connectivity index (χ4v) is 0.814. The van der Waals surface area contributed by atoms with E-state index in [2.05, 4.69) is 4.98 Å². The fourth-order valence-electron chi connectivity index (χ4n) is 0.814. The lowest BCUT2D eigenvalue weighted by atomic mass is 10.5. The Morgan fingerprint density at radius 1 is 1.42 bits per heavy atom. The first-order valence-electron chi connectivity index (χ1n) is 3.02. The Bertz CT molecular complexity index is 475. The van der Waals surface area contributed by atoms with Crippen LogP contribution in [0.3, 0.4) is 0 Å². The zero-order chi connectivity index (χ0) is 9.14. The maximum atomic E-state index is 10.3. The Morgan fingerprint density at radius 2 is 2.08 bits per heavy atom. The quantitative estimate of drug-likeness (QED) is 0.421. The number of hydrogen-bond donors (Lipinski definition) is 0. The molecule has 0 aliphatic heterocycles. The molecule has 0 aliphatic carbocycles. The molecular formula is C7H4N2O3. The van der Waals surface area contributed by atoms with Gasteiger partial charge in [0.25, 0.3) is 0 Å². The Hall–Kier alpha value is -1.96. The van der Waals surface area contributed by atoms with Crippen LogP contribution in [0, 0.1) is 0 Å². The van der Waals surface area contributed by atoms with E-state index in [1.165, 1.54) is 18.9 Å². The van der Waals surface area contributed by atoms with Crippen molar-refractivity contribution in [3.05, 3.63) is 16.5 Å². The Balaban J connectivity index is 3.92. The highest BCUT2D eigenvalue weighted by molar-refractivity contribution is 5.74. The van der Waals surface area contributed by atoms with Crippen LogP contribution < -0.4 is 10.8 Å². The molecule has 0 saturated heterocycles. The van der Waals surface area contributed by atoms with Crippen LogP contribution in [0.1, 0.15) is 10.5 Å². The van der Waals surface area contributed by atoms with Gasteiger partial charge in [0, 0.05) is 7.05 Å². The smallest absolute Gasteiger partial charge is 0.220 e. The molecule has 0 spiro atoms. The molecule has 12 heavy (non-hydrogen) atoms. The average Bonchev–Trinajstić information content (AvgIpc) is 2.41. The highest BCUT2D eigenvalue weighted by Gasteiger charge is 2.03. The Morgan fingerprint density at radius 3 is 2.42 bits per heavy atom. The van der Waals surface area contributed by atoms with Gasteiger partial charge in [0.15, 0.2) is 23.5 Å². The second-order valence-electron chi connectivity index (χ2n) is 2.05. The minimum Gasteiger partial charge on any atom is -0.309 e. The first kappa shape index (κ1) is 8.14. The molecule has 0 fully saturated rings. The van der Waals surface area contributed by atoms with Gasteiger partial charge in [-0.15, -0.1) is 0 Å². The minimum atomic E-state index is -0.0918. The van der Waals surface area contributed by atoms with Crippen LogP contribution in [0.2, 0.25) is 0 Å². The monoisotopic (exact) mass is 164 g/mol. The second-order valence-corrected chi connectivity index (χ2v) is 2.05. The first-order valence-corrected chi connectivity index (χ1v) is 3.02. The lowest BCUT2D eigenvalue weighted by molar-refractivity contribution is 0.111. The fraction of sp³-hybridized carbons (Fsp3) is 0.143. The van der Waals surface area contributed by atoms with Crippen LogP contribution >= 0.6 is 0 Å². The highest BCUT2D eigenvalue weighted by Crippen LogP contribution is 1.69. The van der Waals surface area contributed by atoms with E-state index in [0.717, 1.165) is 4.57 Å². The van der Waals surface area contributed by atoms with E-state index in [-0.39, 0.29) is 16.5 Å². The lowest BCUT2D eigenvalue weighted by Gasteiger charge is -1.81. The van der Waals surface area contributed by atoms with Gasteiger partial charge in [0.2, 0.25) is 5.48 Å². The van der Waals surface area contributed by atoms with Crippen molar-refractivity contribution < 1.29 is 14.4 Å². The van der Waals surface area contributed by atoms with Gasteiger partial charge in [-0.3, -0.25) is 4.79 Å². The Kier molecular flexibility index (Phi) is 2.01. The summed E-state index contributed by atoms with van der Waals surface area (Å²) < 4.78 is 1.16. The molecule has 0 radical (unpaired) electrons. The third kappa shape index (κ3) is 0.992. The summed E-state index contributed by atoms with van der Waals surface area (Å²) in [4.78, 5) is 34.2. The van der Waals surface area contributed by atoms with Gasteiger partial charge in [0.1, 0.15) is 5.69 Å². The first-order chi connectivity index (χ1) is 5.74. The molecule has 0 aliphatic rings. The van der Waals surface area contributed by atoms with Crippen molar-refractivity contribution in [2.24, 2.45) is 7.05 Å². The van der Waals surface area contributed by atoms with Crippen LogP contribution in [-0.4, -0.2) is 27.7 Å². The molecule has 0 N–H and O–H groups in total. The maximum absolute atomic E-state index is 10.3. The van der Waals surface area contributed by atoms with Crippen molar-refractivity contribution in [1.82, 2.24) is 9.55 Å². The minimum absolute atomic E-state index is 0.0386. The molecule has 1 heterocycles. The third-order valence-corrected chi connectivity index (χ3v) is 1.42. The van der Waals surface area contributed by atoms with Crippen molar-refractivity contribution in [2.45, 2.75) is 0 Å². The summed E-state index contributed by atoms with van der Waals surface area (Å²) in [6.07, 6.45) is 0.390. The lowest BCUT2D eigenvalue weighted by Crippen LogP contribution is -2.26. The summed E-state index contributed by atoms with van der Waals surface area (Å²) in [5, 5.41) is -0.0386. The van der Waals surface area contributed by atoms with Crippen LogP contribution in [0.4, 0.5) is 0 Å². The van der Waals surface area contributed by atoms with Gasteiger partial charge in [-0.05, 0) is 0 Å². The molecule has 60 valence electrons. The molecule has 1 aromatic heterocycles. The van der Waals surface area contributed by atoms with Crippen molar-refractivity contribution in [2.75, 3.05) is 0 Å². The third-order valence-electron chi connectivity index (χ3n) is 1.42. The van der Waals surface area contributed by atoms with Crippen LogP contribution in [-0.2, 0) is 16.6 Å². The molecule has 0 atom stereocenters. The summed E-state index contributed by atoms with van der Waals surface area (Å²) in [7, 11) is 1.43. The molecule has 0 bridgehead atoms. The van der Waals surface area contributed by atoms with E-state index in [0.29, 0.717) is 6.29 Å². The van der Waals surface area contributed by atoms with E-state index in [1.807, 2.05) is 0 Å². The van der Waals surface area contributed by atoms with Crippen molar-refractivity contribution in [1.29, 1.82) is 0 Å². The molecule has 0 saturated carbocycles. The molecule has 5 heteroatoms. The standard InChI is InChI=1S/C7H4N2O3/c1-9-6(3-11)5(2-10)8-7(9)4-12/h2H,1H3. The molecule has 5 nitrogen and oxygen atoms in total. The average molecular weight is 164 g/mol. The van der Waals surface area contributed by atoms with Crippen molar-refractivity contribution in [3.8, 4) is 0 Å². The zero-order valence-electron chi connectivity index (χ0n) is 6.20. The number of aldehydes is 1. The normalized spacial score (nSPS) is 8.75. The Labute approximate surface area is 66.6 Å². The SMILES string of the molecule is Cn1c(=C=O)nc(C=O)c1=C=O. The number of nitrogens with zero attached hydrogens (tertiary/aromatic N) is 2. The molecule has 1 rings (SSSR count). The second kappa shape index (κ2) is 2.96. The van der Waals surface area contributed by atoms with E-state index < -0.39 is 0 Å². The highest BCUT2D eigenvalue weighted by atomic mass is 16.1. The number of carbonyl (C=O) groups is 1. The predicted molar refractivity (Wildman–Crippen MR) is 37.4 cm³/mol. The number of rotatable bonds is 1. The topological polar surface area (TPSA) is 69.0 Å². The number of hydrogen-bond acceptors (Lipinski definition) is 4. The summed E-state index contributed by atoms with van der Waals surface area (Å²) in [5.41, 5.74) is -0.179. The van der Waals surface area contributed by atoms with Gasteiger partial charge in [-0.2, -0.15) is 0 Å². The summed E-state index contributed by atoms with van der Waals surface area (Å²) >= 11 is 0. The van der Waals surface area contributed by atoms with E-state index in [1.54, 1.807) is 0 Å². The van der Waals surface area contributed by atoms with Crippen molar-refractivity contribution >= 4 is 18.2 Å².